The molecule has 1 aliphatic carbocycles. The summed E-state index contributed by atoms with van der Waals surface area (Å²) in [5.41, 5.74) is 2.99. The zero-order valence-electron chi connectivity index (χ0n) is 15.5. The van der Waals surface area contributed by atoms with E-state index >= 15 is 0 Å². The molecule has 5 heteroatoms. The summed E-state index contributed by atoms with van der Waals surface area (Å²) in [6.45, 7) is 5.01. The fourth-order valence-electron chi connectivity index (χ4n) is 4.73. The smallest absolute Gasteiger partial charge is 0.253 e. The van der Waals surface area contributed by atoms with Gasteiger partial charge in [0.25, 0.3) is 5.91 Å². The molecular weight excluding hydrogens is 324 g/mol. The van der Waals surface area contributed by atoms with Crippen molar-refractivity contribution < 1.29 is 4.79 Å². The van der Waals surface area contributed by atoms with E-state index in [-0.39, 0.29) is 5.91 Å². The van der Waals surface area contributed by atoms with Crippen molar-refractivity contribution in [1.29, 1.82) is 0 Å². The molecule has 5 rings (SSSR count). The second-order valence-corrected chi connectivity index (χ2v) is 8.11. The highest BCUT2D eigenvalue weighted by atomic mass is 16.2. The molecule has 3 heterocycles. The SMILES string of the molecule is O=C(c1ccc2nc3n(c2c1)CCN(C1CCC1)CC3)N1CCCCC1. The molecule has 2 aliphatic heterocycles. The van der Waals surface area contributed by atoms with Gasteiger partial charge in [-0.15, -0.1) is 0 Å². The third-order valence-electron chi connectivity index (χ3n) is 6.54. The van der Waals surface area contributed by atoms with Crippen LogP contribution in [0.2, 0.25) is 0 Å². The summed E-state index contributed by atoms with van der Waals surface area (Å²) in [6, 6.07) is 6.88. The third-order valence-corrected chi connectivity index (χ3v) is 6.54. The molecule has 1 amide bonds. The number of hydrogen-bond donors (Lipinski definition) is 0. The van der Waals surface area contributed by atoms with Crippen LogP contribution in [-0.4, -0.2) is 57.5 Å². The Morgan fingerprint density at radius 1 is 0.962 bits per heavy atom. The Kier molecular flexibility index (Phi) is 4.20. The van der Waals surface area contributed by atoms with Gasteiger partial charge < -0.3 is 9.47 Å². The zero-order valence-corrected chi connectivity index (χ0v) is 15.5. The van der Waals surface area contributed by atoms with Gasteiger partial charge in [-0.05, 0) is 50.3 Å². The van der Waals surface area contributed by atoms with E-state index in [0.29, 0.717) is 0 Å². The normalized spacial score (nSPS) is 22.1. The lowest BCUT2D eigenvalue weighted by Crippen LogP contribution is -2.41. The van der Waals surface area contributed by atoms with E-state index in [1.54, 1.807) is 0 Å². The van der Waals surface area contributed by atoms with Crippen LogP contribution in [0, 0.1) is 0 Å². The molecule has 1 saturated heterocycles. The van der Waals surface area contributed by atoms with Crippen molar-refractivity contribution in [1.82, 2.24) is 19.4 Å². The number of carbonyl (C=O) groups excluding carboxylic acids is 1. The van der Waals surface area contributed by atoms with Crippen molar-refractivity contribution in [3.05, 3.63) is 29.6 Å². The first kappa shape index (κ1) is 16.3. The van der Waals surface area contributed by atoms with Crippen LogP contribution in [0.5, 0.6) is 0 Å². The highest BCUT2D eigenvalue weighted by molar-refractivity contribution is 5.97. The van der Waals surface area contributed by atoms with E-state index in [1.165, 1.54) is 31.5 Å². The van der Waals surface area contributed by atoms with E-state index in [0.717, 1.165) is 74.6 Å². The van der Waals surface area contributed by atoms with E-state index in [1.807, 2.05) is 17.0 Å². The monoisotopic (exact) mass is 352 g/mol. The van der Waals surface area contributed by atoms with Crippen molar-refractivity contribution in [2.24, 2.45) is 0 Å². The Morgan fingerprint density at radius 3 is 2.58 bits per heavy atom. The van der Waals surface area contributed by atoms with Gasteiger partial charge in [-0.2, -0.15) is 0 Å². The average Bonchev–Trinajstić information content (AvgIpc) is 2.86. The van der Waals surface area contributed by atoms with Crippen molar-refractivity contribution in [2.75, 3.05) is 26.2 Å². The molecule has 0 N–H and O–H groups in total. The molecule has 2 aromatic rings. The maximum absolute atomic E-state index is 12.9. The van der Waals surface area contributed by atoms with Gasteiger partial charge in [-0.3, -0.25) is 9.69 Å². The molecule has 138 valence electrons. The molecule has 2 fully saturated rings. The summed E-state index contributed by atoms with van der Waals surface area (Å²) in [5.74, 6) is 1.37. The Balaban J connectivity index is 1.42. The minimum absolute atomic E-state index is 0.187. The maximum Gasteiger partial charge on any atom is 0.253 e. The van der Waals surface area contributed by atoms with Gasteiger partial charge in [0, 0.05) is 50.7 Å². The van der Waals surface area contributed by atoms with Crippen LogP contribution in [0.4, 0.5) is 0 Å². The summed E-state index contributed by atoms with van der Waals surface area (Å²) in [4.78, 5) is 22.4. The first-order valence-electron chi connectivity index (χ1n) is 10.3. The van der Waals surface area contributed by atoms with Crippen molar-refractivity contribution in [3.8, 4) is 0 Å². The molecule has 26 heavy (non-hydrogen) atoms. The van der Waals surface area contributed by atoms with E-state index < -0.39 is 0 Å². The molecule has 1 aromatic heterocycles. The first-order valence-corrected chi connectivity index (χ1v) is 10.3. The highest BCUT2D eigenvalue weighted by Crippen LogP contribution is 2.28. The number of fused-ring (bicyclic) bond motifs is 3. The van der Waals surface area contributed by atoms with Crippen molar-refractivity contribution >= 4 is 16.9 Å². The number of hydrogen-bond acceptors (Lipinski definition) is 3. The molecule has 0 atom stereocenters. The van der Waals surface area contributed by atoms with Crippen LogP contribution >= 0.6 is 0 Å². The second kappa shape index (κ2) is 6.69. The molecule has 0 bridgehead atoms. The lowest BCUT2D eigenvalue weighted by atomic mass is 9.91. The Hall–Kier alpha value is -1.88. The number of amides is 1. The standard InChI is InChI=1S/C21H28N4O/c26-21(24-10-2-1-3-11-24)16-7-8-18-19(15-16)25-14-13-23(17-5-4-6-17)12-9-20(25)22-18/h7-8,15,17H,1-6,9-14H2. The minimum atomic E-state index is 0.187. The lowest BCUT2D eigenvalue weighted by molar-refractivity contribution is 0.0724. The van der Waals surface area contributed by atoms with Gasteiger partial charge in [0.1, 0.15) is 5.82 Å². The third kappa shape index (κ3) is 2.82. The first-order chi connectivity index (χ1) is 12.8. The number of imidazole rings is 1. The predicted octanol–water partition coefficient (Wildman–Crippen LogP) is 3.07. The summed E-state index contributed by atoms with van der Waals surface area (Å²) in [7, 11) is 0. The molecule has 0 spiro atoms. The molecule has 3 aliphatic rings. The molecule has 1 saturated carbocycles. The van der Waals surface area contributed by atoms with Crippen LogP contribution in [0.25, 0.3) is 11.0 Å². The fraction of sp³-hybridized carbons (Fsp3) is 0.619. The summed E-state index contributed by atoms with van der Waals surface area (Å²) in [6.07, 6.45) is 8.63. The molecular formula is C21H28N4O. The number of carbonyl (C=O) groups is 1. The van der Waals surface area contributed by atoms with Gasteiger partial charge in [-0.1, -0.05) is 6.42 Å². The maximum atomic E-state index is 12.9. The molecule has 1 aromatic carbocycles. The van der Waals surface area contributed by atoms with Crippen LogP contribution in [0.1, 0.15) is 54.7 Å². The summed E-state index contributed by atoms with van der Waals surface area (Å²) in [5, 5.41) is 0. The number of piperidine rings is 1. The van der Waals surface area contributed by atoms with Gasteiger partial charge in [-0.25, -0.2) is 4.98 Å². The largest absolute Gasteiger partial charge is 0.339 e. The second-order valence-electron chi connectivity index (χ2n) is 8.11. The van der Waals surface area contributed by atoms with Gasteiger partial charge in [0.2, 0.25) is 0 Å². The van der Waals surface area contributed by atoms with Crippen molar-refractivity contribution in [2.45, 2.75) is 57.5 Å². The Morgan fingerprint density at radius 2 is 1.81 bits per heavy atom. The summed E-state index contributed by atoms with van der Waals surface area (Å²) < 4.78 is 2.36. The van der Waals surface area contributed by atoms with Crippen molar-refractivity contribution in [3.63, 3.8) is 0 Å². The van der Waals surface area contributed by atoms with Gasteiger partial charge in [0.15, 0.2) is 0 Å². The molecule has 5 nitrogen and oxygen atoms in total. The zero-order chi connectivity index (χ0) is 17.5. The number of rotatable bonds is 2. The number of benzene rings is 1. The van der Waals surface area contributed by atoms with Crippen LogP contribution < -0.4 is 0 Å². The van der Waals surface area contributed by atoms with Gasteiger partial charge >= 0.3 is 0 Å². The lowest BCUT2D eigenvalue weighted by Gasteiger charge is -2.36. The predicted molar refractivity (Wildman–Crippen MR) is 102 cm³/mol. The van der Waals surface area contributed by atoms with Crippen LogP contribution in [0.15, 0.2) is 18.2 Å². The summed E-state index contributed by atoms with van der Waals surface area (Å²) >= 11 is 0. The number of likely N-dealkylation sites (tertiary alicyclic amines) is 1. The molecule has 0 radical (unpaired) electrons. The quantitative estimate of drug-likeness (QED) is 0.834. The van der Waals surface area contributed by atoms with Gasteiger partial charge in [0.05, 0.1) is 11.0 Å². The van der Waals surface area contributed by atoms with E-state index in [2.05, 4.69) is 15.5 Å². The number of aromatic nitrogens is 2. The Labute approximate surface area is 155 Å². The fourth-order valence-corrected chi connectivity index (χ4v) is 4.73. The highest BCUT2D eigenvalue weighted by Gasteiger charge is 2.27. The number of nitrogens with zero attached hydrogens (tertiary/aromatic N) is 4. The Bertz CT molecular complexity index is 817. The minimum Gasteiger partial charge on any atom is -0.339 e. The van der Waals surface area contributed by atoms with Crippen LogP contribution in [-0.2, 0) is 13.0 Å². The average molecular weight is 352 g/mol. The molecule has 0 unspecified atom stereocenters. The topological polar surface area (TPSA) is 41.4 Å². The van der Waals surface area contributed by atoms with E-state index in [4.69, 9.17) is 4.98 Å². The van der Waals surface area contributed by atoms with E-state index in [9.17, 15) is 4.79 Å². The van der Waals surface area contributed by atoms with Crippen LogP contribution in [0.3, 0.4) is 0 Å².